The summed E-state index contributed by atoms with van der Waals surface area (Å²) in [5, 5.41) is 13.4. The van der Waals surface area contributed by atoms with E-state index in [9.17, 15) is 9.90 Å². The number of anilines is 1. The normalized spacial score (nSPS) is 21.0. The Hall–Kier alpha value is -2.40. The first-order valence-corrected chi connectivity index (χ1v) is 9.92. The molecule has 5 heteroatoms. The minimum atomic E-state index is -0.144. The van der Waals surface area contributed by atoms with Crippen LogP contribution >= 0.6 is 11.8 Å². The van der Waals surface area contributed by atoms with Crippen LogP contribution in [-0.4, -0.2) is 18.0 Å². The van der Waals surface area contributed by atoms with E-state index in [0.717, 1.165) is 33.8 Å². The van der Waals surface area contributed by atoms with Crippen molar-refractivity contribution in [3.63, 3.8) is 0 Å². The number of para-hydroxylation sites is 1. The second kappa shape index (κ2) is 6.64. The maximum atomic E-state index is 13.2. The summed E-state index contributed by atoms with van der Waals surface area (Å²) in [5.74, 6) is 0.708. The molecule has 2 aromatic carbocycles. The fraction of sp³-hybridized carbons (Fsp3) is 0.318. The quantitative estimate of drug-likeness (QED) is 0.739. The molecule has 0 saturated carbocycles. The monoisotopic (exact) mass is 381 g/mol. The van der Waals surface area contributed by atoms with Crippen LogP contribution in [-0.2, 0) is 4.79 Å². The fourth-order valence-electron chi connectivity index (χ4n) is 3.86. The summed E-state index contributed by atoms with van der Waals surface area (Å²) >= 11 is 1.67. The number of allylic oxidation sites excluding steroid dienone is 1. The van der Waals surface area contributed by atoms with E-state index in [0.29, 0.717) is 12.2 Å². The number of ether oxygens (including phenoxy) is 1. The zero-order valence-electron chi connectivity index (χ0n) is 15.7. The molecule has 2 aliphatic rings. The Kier molecular flexibility index (Phi) is 4.42. The molecule has 0 saturated heterocycles. The number of ketones is 1. The van der Waals surface area contributed by atoms with E-state index < -0.39 is 0 Å². The Morgan fingerprint density at radius 1 is 1.19 bits per heavy atom. The molecular weight excluding hydrogens is 358 g/mol. The highest BCUT2D eigenvalue weighted by molar-refractivity contribution is 8.00. The SMILES string of the molecule is COc1cc([C@@H]2Sc3ccccc3NC3=C2C(=O)CC(C)(C)C3)ccc1O. The average Bonchev–Trinajstić information content (AvgIpc) is 2.77. The Morgan fingerprint density at radius 3 is 2.74 bits per heavy atom. The third-order valence-corrected chi connectivity index (χ3v) is 6.46. The van der Waals surface area contributed by atoms with Gasteiger partial charge in [0.25, 0.3) is 0 Å². The summed E-state index contributed by atoms with van der Waals surface area (Å²) in [4.78, 5) is 14.3. The lowest BCUT2D eigenvalue weighted by Gasteiger charge is -2.34. The topological polar surface area (TPSA) is 58.6 Å². The number of phenols is 1. The summed E-state index contributed by atoms with van der Waals surface area (Å²) in [6, 6.07) is 13.5. The van der Waals surface area contributed by atoms with Crippen LogP contribution in [0.15, 0.2) is 58.6 Å². The van der Waals surface area contributed by atoms with Gasteiger partial charge in [-0.05, 0) is 41.7 Å². The van der Waals surface area contributed by atoms with Crippen LogP contribution in [0.4, 0.5) is 5.69 Å². The Labute approximate surface area is 163 Å². The third-order valence-electron chi connectivity index (χ3n) is 5.11. The van der Waals surface area contributed by atoms with Crippen LogP contribution < -0.4 is 10.1 Å². The lowest BCUT2D eigenvalue weighted by Crippen LogP contribution is -2.29. The van der Waals surface area contributed by atoms with Crippen LogP contribution in [0.1, 0.15) is 37.5 Å². The van der Waals surface area contributed by atoms with Gasteiger partial charge in [0.15, 0.2) is 17.3 Å². The first-order chi connectivity index (χ1) is 12.9. The van der Waals surface area contributed by atoms with E-state index in [1.807, 2.05) is 24.3 Å². The number of methoxy groups -OCH3 is 1. The van der Waals surface area contributed by atoms with Crippen LogP contribution in [0.2, 0.25) is 0 Å². The maximum absolute atomic E-state index is 13.2. The molecule has 0 amide bonds. The molecule has 0 radical (unpaired) electrons. The summed E-state index contributed by atoms with van der Waals surface area (Å²) in [6.07, 6.45) is 1.37. The van der Waals surface area contributed by atoms with Gasteiger partial charge >= 0.3 is 0 Å². The maximum Gasteiger partial charge on any atom is 0.162 e. The van der Waals surface area contributed by atoms with E-state index in [-0.39, 0.29) is 22.2 Å². The van der Waals surface area contributed by atoms with Crippen molar-refractivity contribution in [3.8, 4) is 11.5 Å². The zero-order valence-corrected chi connectivity index (χ0v) is 16.5. The zero-order chi connectivity index (χ0) is 19.2. The van der Waals surface area contributed by atoms with Crippen LogP contribution in [0.25, 0.3) is 0 Å². The number of Topliss-reactive ketones (excluding diaryl/α,β-unsaturated/α-hetero) is 1. The van der Waals surface area contributed by atoms with Gasteiger partial charge in [-0.25, -0.2) is 0 Å². The number of thioether (sulfide) groups is 1. The van der Waals surface area contributed by atoms with Gasteiger partial charge in [-0.3, -0.25) is 4.79 Å². The second-order valence-corrected chi connectivity index (χ2v) is 9.03. The van der Waals surface area contributed by atoms with Gasteiger partial charge in [0.1, 0.15) is 0 Å². The highest BCUT2D eigenvalue weighted by atomic mass is 32.2. The van der Waals surface area contributed by atoms with Crippen molar-refractivity contribution in [2.24, 2.45) is 5.41 Å². The first-order valence-electron chi connectivity index (χ1n) is 9.04. The molecule has 0 spiro atoms. The number of benzene rings is 2. The van der Waals surface area contributed by atoms with Crippen molar-refractivity contribution in [1.82, 2.24) is 0 Å². The molecule has 140 valence electrons. The number of rotatable bonds is 2. The molecule has 4 rings (SSSR count). The number of fused-ring (bicyclic) bond motifs is 1. The standard InChI is InChI=1S/C22H23NO3S/c1-22(2)11-15-20(17(25)12-22)21(13-8-9-16(24)18(10-13)26-3)27-19-7-5-4-6-14(19)23-15/h4-10,21,23-24H,11-12H2,1-3H3/t21-/m0/s1. The van der Waals surface area contributed by atoms with Crippen molar-refractivity contribution < 1.29 is 14.6 Å². The Morgan fingerprint density at radius 2 is 1.96 bits per heavy atom. The smallest absolute Gasteiger partial charge is 0.162 e. The lowest BCUT2D eigenvalue weighted by atomic mass is 9.74. The predicted octanol–water partition coefficient (Wildman–Crippen LogP) is 5.30. The predicted molar refractivity (Wildman–Crippen MR) is 108 cm³/mol. The minimum absolute atomic E-state index is 0.0654. The minimum Gasteiger partial charge on any atom is -0.504 e. The van der Waals surface area contributed by atoms with Gasteiger partial charge in [0.2, 0.25) is 0 Å². The molecule has 2 N–H and O–H groups in total. The number of phenolic OH excluding ortho intramolecular Hbond substituents is 1. The largest absolute Gasteiger partial charge is 0.504 e. The molecular formula is C22H23NO3S. The van der Waals surface area contributed by atoms with E-state index in [2.05, 4.69) is 31.3 Å². The molecule has 2 aromatic rings. The number of carbonyl (C=O) groups excluding carboxylic acids is 1. The molecule has 0 bridgehead atoms. The van der Waals surface area contributed by atoms with Gasteiger partial charge < -0.3 is 15.2 Å². The van der Waals surface area contributed by atoms with E-state index in [1.165, 1.54) is 7.11 Å². The van der Waals surface area contributed by atoms with Gasteiger partial charge in [0.05, 0.1) is 18.0 Å². The van der Waals surface area contributed by atoms with Crippen LogP contribution in [0, 0.1) is 5.41 Å². The van der Waals surface area contributed by atoms with Crippen molar-refractivity contribution in [2.45, 2.75) is 36.8 Å². The lowest BCUT2D eigenvalue weighted by molar-refractivity contribution is -0.118. The molecule has 27 heavy (non-hydrogen) atoms. The summed E-state index contributed by atoms with van der Waals surface area (Å²) < 4.78 is 5.30. The van der Waals surface area contributed by atoms with Crippen LogP contribution in [0.3, 0.4) is 0 Å². The number of hydrogen-bond donors (Lipinski definition) is 2. The van der Waals surface area contributed by atoms with Gasteiger partial charge in [0, 0.05) is 22.6 Å². The van der Waals surface area contributed by atoms with Crippen molar-refractivity contribution in [1.29, 1.82) is 0 Å². The molecule has 0 aromatic heterocycles. The second-order valence-electron chi connectivity index (χ2n) is 7.88. The number of hydrogen-bond acceptors (Lipinski definition) is 5. The fourth-order valence-corrected chi connectivity index (χ4v) is 5.19. The van der Waals surface area contributed by atoms with Crippen molar-refractivity contribution in [3.05, 3.63) is 59.3 Å². The number of aromatic hydroxyl groups is 1. The van der Waals surface area contributed by atoms with Gasteiger partial charge in [-0.15, -0.1) is 11.8 Å². The highest BCUT2D eigenvalue weighted by Crippen LogP contribution is 2.52. The Balaban J connectivity index is 1.89. The summed E-state index contributed by atoms with van der Waals surface area (Å²) in [6.45, 7) is 4.28. The van der Waals surface area contributed by atoms with E-state index in [4.69, 9.17) is 4.74 Å². The summed E-state index contributed by atoms with van der Waals surface area (Å²) in [7, 11) is 1.54. The third kappa shape index (κ3) is 3.32. The molecule has 1 heterocycles. The van der Waals surface area contributed by atoms with E-state index >= 15 is 0 Å². The Bertz CT molecular complexity index is 948. The number of carbonyl (C=O) groups is 1. The van der Waals surface area contributed by atoms with Gasteiger partial charge in [-0.2, -0.15) is 0 Å². The average molecular weight is 381 g/mol. The van der Waals surface area contributed by atoms with Crippen molar-refractivity contribution >= 4 is 23.2 Å². The van der Waals surface area contributed by atoms with Crippen LogP contribution in [0.5, 0.6) is 11.5 Å². The van der Waals surface area contributed by atoms with Crippen molar-refractivity contribution in [2.75, 3.05) is 12.4 Å². The highest BCUT2D eigenvalue weighted by Gasteiger charge is 2.39. The summed E-state index contributed by atoms with van der Waals surface area (Å²) in [5.41, 5.74) is 3.76. The molecule has 1 aliphatic heterocycles. The molecule has 0 fully saturated rings. The van der Waals surface area contributed by atoms with Gasteiger partial charge in [-0.1, -0.05) is 32.0 Å². The molecule has 4 nitrogen and oxygen atoms in total. The molecule has 0 unspecified atom stereocenters. The number of nitrogens with one attached hydrogen (secondary N) is 1. The molecule has 1 atom stereocenters. The molecule has 1 aliphatic carbocycles. The first kappa shape index (κ1) is 18.0. The van der Waals surface area contributed by atoms with E-state index in [1.54, 1.807) is 17.8 Å².